The molecule has 0 bridgehead atoms. The van der Waals surface area contributed by atoms with Crippen LogP contribution in [0.1, 0.15) is 19.2 Å². The van der Waals surface area contributed by atoms with Crippen molar-refractivity contribution in [2.24, 2.45) is 0 Å². The fraction of sp³-hybridized carbons (Fsp3) is 0.200. The molecule has 1 N–H and O–H groups in total. The van der Waals surface area contributed by atoms with Crippen molar-refractivity contribution in [1.82, 2.24) is 19.7 Å². The molecule has 0 amide bonds. The monoisotopic (exact) mass is 427 g/mol. The zero-order valence-corrected chi connectivity index (χ0v) is 17.3. The molecule has 148 valence electrons. The van der Waals surface area contributed by atoms with Crippen molar-refractivity contribution >= 4 is 39.1 Å². The minimum atomic E-state index is -0.354. The van der Waals surface area contributed by atoms with E-state index in [0.717, 1.165) is 22.4 Å². The number of anilines is 1. The summed E-state index contributed by atoms with van der Waals surface area (Å²) >= 11 is 2.93. The van der Waals surface area contributed by atoms with Crippen molar-refractivity contribution in [3.8, 4) is 5.69 Å². The van der Waals surface area contributed by atoms with E-state index in [0.29, 0.717) is 28.2 Å². The van der Waals surface area contributed by atoms with Gasteiger partial charge in [-0.15, -0.1) is 10.2 Å². The van der Waals surface area contributed by atoms with Gasteiger partial charge in [0.1, 0.15) is 11.6 Å². The summed E-state index contributed by atoms with van der Waals surface area (Å²) in [7, 11) is 0. The van der Waals surface area contributed by atoms with E-state index < -0.39 is 0 Å². The third kappa shape index (κ3) is 4.30. The summed E-state index contributed by atoms with van der Waals surface area (Å²) in [5.41, 5.74) is 1.03. The van der Waals surface area contributed by atoms with Crippen LogP contribution in [0, 0.1) is 5.82 Å². The van der Waals surface area contributed by atoms with Gasteiger partial charge in [0.2, 0.25) is 5.13 Å². The molecule has 0 saturated heterocycles. The largest absolute Gasteiger partial charge is 0.360 e. The first kappa shape index (κ1) is 19.5. The fourth-order valence-corrected chi connectivity index (χ4v) is 4.53. The maximum atomic E-state index is 13.4. The number of benzene rings is 2. The molecule has 0 aliphatic rings. The molecular formula is C20H18FN5OS2. The topological polar surface area (TPSA) is 72.7 Å². The quantitative estimate of drug-likeness (QED) is 0.438. The molecule has 0 atom stereocenters. The summed E-state index contributed by atoms with van der Waals surface area (Å²) in [6, 6.07) is 13.1. The second-order valence-electron chi connectivity index (χ2n) is 6.25. The van der Waals surface area contributed by atoms with Crippen molar-refractivity contribution < 1.29 is 4.39 Å². The van der Waals surface area contributed by atoms with E-state index in [-0.39, 0.29) is 11.4 Å². The van der Waals surface area contributed by atoms with Gasteiger partial charge >= 0.3 is 0 Å². The van der Waals surface area contributed by atoms with Crippen molar-refractivity contribution in [2.45, 2.75) is 23.4 Å². The number of fused-ring (bicyclic) bond motifs is 1. The molecule has 0 unspecified atom stereocenters. The van der Waals surface area contributed by atoms with Crippen LogP contribution in [-0.2, 0) is 5.75 Å². The van der Waals surface area contributed by atoms with Crippen LogP contribution < -0.4 is 10.9 Å². The number of thioether (sulfide) groups is 1. The van der Waals surface area contributed by atoms with E-state index in [2.05, 4.69) is 22.4 Å². The first-order valence-electron chi connectivity index (χ1n) is 9.12. The Labute approximate surface area is 174 Å². The van der Waals surface area contributed by atoms with E-state index in [1.807, 2.05) is 12.1 Å². The Kier molecular flexibility index (Phi) is 5.86. The van der Waals surface area contributed by atoms with Gasteiger partial charge in [0, 0.05) is 6.54 Å². The lowest BCUT2D eigenvalue weighted by Crippen LogP contribution is -2.23. The van der Waals surface area contributed by atoms with Gasteiger partial charge in [0.15, 0.2) is 4.34 Å². The Morgan fingerprint density at radius 1 is 1.14 bits per heavy atom. The summed E-state index contributed by atoms with van der Waals surface area (Å²) < 4.78 is 15.7. The Balaban J connectivity index is 1.70. The number of hydrogen-bond acceptors (Lipinski definition) is 7. The molecule has 0 spiro atoms. The van der Waals surface area contributed by atoms with Crippen molar-refractivity contribution in [1.29, 1.82) is 0 Å². The van der Waals surface area contributed by atoms with Gasteiger partial charge in [0.05, 0.1) is 22.3 Å². The predicted molar refractivity (Wildman–Crippen MR) is 116 cm³/mol. The first-order chi connectivity index (χ1) is 14.2. The van der Waals surface area contributed by atoms with E-state index >= 15 is 0 Å². The highest BCUT2D eigenvalue weighted by Crippen LogP contribution is 2.28. The molecule has 2 aromatic carbocycles. The maximum Gasteiger partial charge on any atom is 0.265 e. The van der Waals surface area contributed by atoms with Crippen LogP contribution in [0.3, 0.4) is 0 Å². The number of hydrogen-bond donors (Lipinski definition) is 1. The summed E-state index contributed by atoms with van der Waals surface area (Å²) in [6.45, 7) is 2.93. The minimum Gasteiger partial charge on any atom is -0.360 e. The summed E-state index contributed by atoms with van der Waals surface area (Å²) in [4.78, 5) is 17.8. The highest BCUT2D eigenvalue weighted by atomic mass is 32.2. The average Bonchev–Trinajstić information content (AvgIpc) is 3.20. The molecule has 0 fully saturated rings. The smallest absolute Gasteiger partial charge is 0.265 e. The molecule has 2 heterocycles. The fourth-order valence-electron chi connectivity index (χ4n) is 2.83. The molecule has 0 aliphatic carbocycles. The molecular weight excluding hydrogens is 409 g/mol. The van der Waals surface area contributed by atoms with E-state index in [1.54, 1.807) is 24.3 Å². The molecule has 2 aromatic heterocycles. The number of halogens is 1. The van der Waals surface area contributed by atoms with Crippen molar-refractivity contribution in [3.05, 3.63) is 70.5 Å². The molecule has 6 nitrogen and oxygen atoms in total. The molecule has 29 heavy (non-hydrogen) atoms. The molecule has 0 aliphatic heterocycles. The van der Waals surface area contributed by atoms with E-state index in [4.69, 9.17) is 4.98 Å². The maximum absolute atomic E-state index is 13.4. The van der Waals surface area contributed by atoms with Crippen LogP contribution in [0.4, 0.5) is 9.52 Å². The standard InChI is InChI=1S/C20H18FN5OS2/c1-2-11-22-19-24-25-20(29-19)28-12-17-23-16-6-4-3-5-15(16)18(27)26(17)14-9-7-13(21)8-10-14/h3-10H,2,11-12H2,1H3,(H,22,24). The molecule has 9 heteroatoms. The normalized spacial score (nSPS) is 11.1. The van der Waals surface area contributed by atoms with E-state index in [1.165, 1.54) is 39.8 Å². The van der Waals surface area contributed by atoms with Crippen LogP contribution >= 0.6 is 23.1 Å². The lowest BCUT2D eigenvalue weighted by Gasteiger charge is -2.13. The Hall–Kier alpha value is -2.78. The van der Waals surface area contributed by atoms with Gasteiger partial charge in [-0.3, -0.25) is 9.36 Å². The zero-order valence-electron chi connectivity index (χ0n) is 15.6. The lowest BCUT2D eigenvalue weighted by molar-refractivity contribution is 0.627. The predicted octanol–water partition coefficient (Wildman–Crippen LogP) is 4.49. The number of aromatic nitrogens is 4. The first-order valence-corrected chi connectivity index (χ1v) is 10.9. The number of rotatable bonds is 7. The number of nitrogens with zero attached hydrogens (tertiary/aromatic N) is 4. The second kappa shape index (κ2) is 8.71. The molecule has 4 aromatic rings. The van der Waals surface area contributed by atoms with E-state index in [9.17, 15) is 9.18 Å². The summed E-state index contributed by atoms with van der Waals surface area (Å²) in [5.74, 6) is 0.649. The van der Waals surface area contributed by atoms with Gasteiger partial charge in [-0.2, -0.15) is 0 Å². The van der Waals surface area contributed by atoms with Gasteiger partial charge < -0.3 is 5.32 Å². The highest BCUT2D eigenvalue weighted by molar-refractivity contribution is 8.00. The Morgan fingerprint density at radius 3 is 2.72 bits per heavy atom. The molecule has 0 radical (unpaired) electrons. The Morgan fingerprint density at radius 2 is 1.93 bits per heavy atom. The Bertz CT molecular complexity index is 1190. The lowest BCUT2D eigenvalue weighted by atomic mass is 10.2. The molecule has 0 saturated carbocycles. The van der Waals surface area contributed by atoms with Crippen molar-refractivity contribution in [2.75, 3.05) is 11.9 Å². The van der Waals surface area contributed by atoms with Gasteiger partial charge in [-0.25, -0.2) is 9.37 Å². The average molecular weight is 428 g/mol. The zero-order chi connectivity index (χ0) is 20.2. The number of nitrogens with one attached hydrogen (secondary N) is 1. The van der Waals surface area contributed by atoms with Crippen LogP contribution in [0.25, 0.3) is 16.6 Å². The van der Waals surface area contributed by atoms with Crippen molar-refractivity contribution in [3.63, 3.8) is 0 Å². The summed E-state index contributed by atoms with van der Waals surface area (Å²) in [5, 5.41) is 12.8. The second-order valence-corrected chi connectivity index (χ2v) is 8.45. The van der Waals surface area contributed by atoms with Crippen LogP contribution in [0.5, 0.6) is 0 Å². The minimum absolute atomic E-state index is 0.180. The third-order valence-corrected chi connectivity index (χ3v) is 6.20. The number of para-hydroxylation sites is 1. The van der Waals surface area contributed by atoms with Gasteiger partial charge in [0.25, 0.3) is 5.56 Å². The summed E-state index contributed by atoms with van der Waals surface area (Å²) in [6.07, 6.45) is 1.01. The van der Waals surface area contributed by atoms with Gasteiger partial charge in [-0.05, 0) is 42.8 Å². The van der Waals surface area contributed by atoms with Crippen LogP contribution in [-0.4, -0.2) is 26.3 Å². The van der Waals surface area contributed by atoms with Crippen LogP contribution in [0.15, 0.2) is 57.7 Å². The van der Waals surface area contributed by atoms with Crippen LogP contribution in [0.2, 0.25) is 0 Å². The highest BCUT2D eigenvalue weighted by Gasteiger charge is 2.14. The SMILES string of the molecule is CCCNc1nnc(SCc2nc3ccccc3c(=O)n2-c2ccc(F)cc2)s1. The van der Waals surface area contributed by atoms with Gasteiger partial charge in [-0.1, -0.05) is 42.2 Å². The third-order valence-electron chi connectivity index (χ3n) is 4.19. The molecule has 4 rings (SSSR count).